The number of hydrogen-bond donors (Lipinski definition) is 1. The Morgan fingerprint density at radius 2 is 2.00 bits per heavy atom. The fourth-order valence-electron chi connectivity index (χ4n) is 3.80. The first-order chi connectivity index (χ1) is 15.1. The predicted molar refractivity (Wildman–Crippen MR) is 108 cm³/mol. The summed E-state index contributed by atoms with van der Waals surface area (Å²) in [5.74, 6) is -1.14. The summed E-state index contributed by atoms with van der Waals surface area (Å²) in [4.78, 5) is 39.4. The molecule has 10 nitrogen and oxygen atoms in total. The van der Waals surface area contributed by atoms with Crippen molar-refractivity contribution < 1.29 is 19.1 Å². The van der Waals surface area contributed by atoms with E-state index in [2.05, 4.69) is 20.8 Å². The number of benzene rings is 2. The summed E-state index contributed by atoms with van der Waals surface area (Å²) in [6, 6.07) is 11.6. The number of nitrogens with one attached hydrogen (secondary N) is 1. The molecule has 3 heterocycles. The number of imide groups is 1. The molecule has 1 saturated heterocycles. The molecule has 2 aliphatic heterocycles. The molecule has 1 aromatic heterocycles. The Labute approximate surface area is 176 Å². The van der Waals surface area contributed by atoms with Gasteiger partial charge in [0.25, 0.3) is 17.7 Å². The van der Waals surface area contributed by atoms with E-state index in [1.54, 1.807) is 30.3 Å². The van der Waals surface area contributed by atoms with Gasteiger partial charge in [-0.1, -0.05) is 6.07 Å². The monoisotopic (exact) mass is 418 g/mol. The molecule has 1 fully saturated rings. The van der Waals surface area contributed by atoms with Crippen molar-refractivity contribution in [2.24, 2.45) is 0 Å². The summed E-state index contributed by atoms with van der Waals surface area (Å²) in [6.07, 6.45) is 3.07. The molecule has 5 rings (SSSR count). The highest BCUT2D eigenvalue weighted by Crippen LogP contribution is 2.26. The van der Waals surface area contributed by atoms with E-state index in [0.717, 1.165) is 12.8 Å². The largest absolute Gasteiger partial charge is 0.376 e. The average Bonchev–Trinajstić information content (AvgIpc) is 3.54. The lowest BCUT2D eigenvalue weighted by Gasteiger charge is -2.17. The van der Waals surface area contributed by atoms with Gasteiger partial charge in [0.1, 0.15) is 6.33 Å². The van der Waals surface area contributed by atoms with Crippen LogP contribution in [0.5, 0.6) is 0 Å². The number of fused-ring (bicyclic) bond motifs is 1. The van der Waals surface area contributed by atoms with Crippen molar-refractivity contribution in [3.63, 3.8) is 0 Å². The summed E-state index contributed by atoms with van der Waals surface area (Å²) in [6.45, 7) is 0.880. The third-order valence-electron chi connectivity index (χ3n) is 5.36. The minimum absolute atomic E-state index is 0.127. The van der Waals surface area contributed by atoms with E-state index >= 15 is 0 Å². The lowest BCUT2D eigenvalue weighted by Crippen LogP contribution is -2.36. The van der Waals surface area contributed by atoms with Crippen LogP contribution in [0.2, 0.25) is 0 Å². The molecule has 3 aromatic rings. The average molecular weight is 418 g/mol. The molecule has 2 aromatic carbocycles. The number of aromatic nitrogens is 4. The number of hydrogen-bond acceptors (Lipinski definition) is 7. The molecule has 1 unspecified atom stereocenters. The molecule has 0 spiro atoms. The SMILES string of the molecule is O=C(Nc1cccc(-n2cnnn2)c1)c1ccc2c(c1)C(=O)N(CC1CCCO1)C2=O. The molecule has 0 radical (unpaired) electrons. The lowest BCUT2D eigenvalue weighted by molar-refractivity contribution is 0.0475. The van der Waals surface area contributed by atoms with Gasteiger partial charge in [-0.15, -0.1) is 5.10 Å². The highest BCUT2D eigenvalue weighted by atomic mass is 16.5. The van der Waals surface area contributed by atoms with E-state index in [-0.39, 0.29) is 29.7 Å². The van der Waals surface area contributed by atoms with Crippen LogP contribution in [0.4, 0.5) is 5.69 Å². The molecule has 10 heteroatoms. The molecular formula is C21H18N6O4. The van der Waals surface area contributed by atoms with Gasteiger partial charge in [0.05, 0.1) is 29.5 Å². The maximum atomic E-state index is 12.8. The van der Waals surface area contributed by atoms with Crippen molar-refractivity contribution in [1.29, 1.82) is 0 Å². The van der Waals surface area contributed by atoms with Gasteiger partial charge in [0, 0.05) is 17.9 Å². The number of carbonyl (C=O) groups excluding carboxylic acids is 3. The van der Waals surface area contributed by atoms with Gasteiger partial charge >= 0.3 is 0 Å². The molecule has 31 heavy (non-hydrogen) atoms. The van der Waals surface area contributed by atoms with Crippen molar-refractivity contribution in [1.82, 2.24) is 25.1 Å². The van der Waals surface area contributed by atoms with Crippen molar-refractivity contribution in [2.45, 2.75) is 18.9 Å². The number of amides is 3. The second-order valence-corrected chi connectivity index (χ2v) is 7.38. The van der Waals surface area contributed by atoms with Gasteiger partial charge in [-0.25, -0.2) is 4.68 Å². The molecule has 1 N–H and O–H groups in total. The minimum Gasteiger partial charge on any atom is -0.376 e. The topological polar surface area (TPSA) is 119 Å². The Hall–Kier alpha value is -3.92. The van der Waals surface area contributed by atoms with Gasteiger partial charge in [-0.3, -0.25) is 19.3 Å². The molecular weight excluding hydrogens is 400 g/mol. The number of tetrazole rings is 1. The Bertz CT molecular complexity index is 1170. The van der Waals surface area contributed by atoms with Crippen LogP contribution >= 0.6 is 0 Å². The standard InChI is InChI=1S/C21H18N6O4/c28-19(23-14-3-1-4-15(10-14)27-12-22-24-25-27)13-6-7-17-18(9-13)21(30)26(20(17)29)11-16-5-2-8-31-16/h1,3-4,6-7,9-10,12,16H,2,5,8,11H2,(H,23,28). The zero-order valence-corrected chi connectivity index (χ0v) is 16.4. The number of carbonyl (C=O) groups is 3. The van der Waals surface area contributed by atoms with Crippen molar-refractivity contribution in [3.05, 3.63) is 65.5 Å². The zero-order chi connectivity index (χ0) is 21.4. The molecule has 2 aliphatic rings. The van der Waals surface area contributed by atoms with Gasteiger partial charge in [0.2, 0.25) is 0 Å². The molecule has 0 saturated carbocycles. The first kappa shape index (κ1) is 19.1. The second-order valence-electron chi connectivity index (χ2n) is 7.38. The molecule has 0 bridgehead atoms. The third-order valence-corrected chi connectivity index (χ3v) is 5.36. The van der Waals surface area contributed by atoms with E-state index in [9.17, 15) is 14.4 Å². The van der Waals surface area contributed by atoms with Gasteiger partial charge in [-0.05, 0) is 59.7 Å². The molecule has 0 aliphatic carbocycles. The van der Waals surface area contributed by atoms with Gasteiger partial charge < -0.3 is 10.1 Å². The van der Waals surface area contributed by atoms with E-state index in [0.29, 0.717) is 23.5 Å². The maximum absolute atomic E-state index is 12.8. The van der Waals surface area contributed by atoms with E-state index in [1.807, 2.05) is 0 Å². The first-order valence-corrected chi connectivity index (χ1v) is 9.87. The summed E-state index contributed by atoms with van der Waals surface area (Å²) in [7, 11) is 0. The fourth-order valence-corrected chi connectivity index (χ4v) is 3.80. The molecule has 156 valence electrons. The van der Waals surface area contributed by atoms with Crippen LogP contribution < -0.4 is 5.32 Å². The zero-order valence-electron chi connectivity index (χ0n) is 16.4. The first-order valence-electron chi connectivity index (χ1n) is 9.87. The van der Waals surface area contributed by atoms with Crippen molar-refractivity contribution in [3.8, 4) is 5.69 Å². The van der Waals surface area contributed by atoms with E-state index < -0.39 is 11.8 Å². The number of nitrogens with zero attached hydrogens (tertiary/aromatic N) is 5. The summed E-state index contributed by atoms with van der Waals surface area (Å²) >= 11 is 0. The Kier molecular flexibility index (Phi) is 4.75. The van der Waals surface area contributed by atoms with Crippen LogP contribution in [-0.2, 0) is 4.74 Å². The van der Waals surface area contributed by atoms with Crippen LogP contribution in [0.15, 0.2) is 48.8 Å². The molecule has 1 atom stereocenters. The maximum Gasteiger partial charge on any atom is 0.261 e. The smallest absolute Gasteiger partial charge is 0.261 e. The summed E-state index contributed by atoms with van der Waals surface area (Å²) in [5.41, 5.74) is 2.05. The second kappa shape index (κ2) is 7.73. The van der Waals surface area contributed by atoms with Crippen LogP contribution in [0.25, 0.3) is 5.69 Å². The minimum atomic E-state index is -0.397. The Morgan fingerprint density at radius 3 is 2.77 bits per heavy atom. The summed E-state index contributed by atoms with van der Waals surface area (Å²) < 4.78 is 7.02. The third kappa shape index (κ3) is 3.57. The van der Waals surface area contributed by atoms with Gasteiger partial charge in [-0.2, -0.15) is 0 Å². The van der Waals surface area contributed by atoms with Crippen LogP contribution in [0.3, 0.4) is 0 Å². The lowest BCUT2D eigenvalue weighted by atomic mass is 10.1. The highest BCUT2D eigenvalue weighted by Gasteiger charge is 2.37. The molecule has 3 amide bonds. The number of rotatable bonds is 5. The number of ether oxygens (including phenoxy) is 1. The van der Waals surface area contributed by atoms with E-state index in [4.69, 9.17) is 4.74 Å². The van der Waals surface area contributed by atoms with Crippen molar-refractivity contribution >= 4 is 23.4 Å². The van der Waals surface area contributed by atoms with E-state index in [1.165, 1.54) is 28.0 Å². The van der Waals surface area contributed by atoms with Crippen LogP contribution in [-0.4, -0.2) is 62.1 Å². The Morgan fingerprint density at radius 1 is 1.13 bits per heavy atom. The van der Waals surface area contributed by atoms with Gasteiger partial charge in [0.15, 0.2) is 0 Å². The van der Waals surface area contributed by atoms with Crippen LogP contribution in [0, 0.1) is 0 Å². The number of anilines is 1. The summed E-state index contributed by atoms with van der Waals surface area (Å²) in [5, 5.41) is 13.8. The van der Waals surface area contributed by atoms with Crippen LogP contribution in [0.1, 0.15) is 43.9 Å². The predicted octanol–water partition coefficient (Wildman–Crippen LogP) is 1.69. The quantitative estimate of drug-likeness (QED) is 0.626. The van der Waals surface area contributed by atoms with Crippen molar-refractivity contribution in [2.75, 3.05) is 18.5 Å². The normalized spacial score (nSPS) is 17.8. The fraction of sp³-hybridized carbons (Fsp3) is 0.238. The Balaban J connectivity index is 1.34. The highest BCUT2D eigenvalue weighted by molar-refractivity contribution is 6.22.